The maximum Gasteiger partial charge on any atom is 0.328 e. The number of imide groups is 1. The lowest BCUT2D eigenvalue weighted by Gasteiger charge is -2.39. The van der Waals surface area contributed by atoms with Gasteiger partial charge in [-0.15, -0.1) is 0 Å². The number of ether oxygens (including phenoxy) is 1. The summed E-state index contributed by atoms with van der Waals surface area (Å²) in [6.07, 6.45) is 1.10. The molecule has 9 nitrogen and oxygen atoms in total. The summed E-state index contributed by atoms with van der Waals surface area (Å²) in [7, 11) is 2.76. The SMILES string of the molecule is COC(=O)CN1C(=O)C2C(N=C3N(c4ccccc4Cl)C(C)=CN32)N(C)C1=O. The van der Waals surface area contributed by atoms with E-state index in [1.165, 1.54) is 12.0 Å². The number of rotatable bonds is 3. The van der Waals surface area contributed by atoms with Crippen molar-refractivity contribution in [1.29, 1.82) is 0 Å². The molecule has 1 aromatic rings. The number of fused-ring (bicyclic) bond motifs is 3. The number of hydrogen-bond acceptors (Lipinski definition) is 7. The number of amides is 3. The number of methoxy groups -OCH3 is 1. The number of carbonyl (C=O) groups excluding carboxylic acids is 3. The second kappa shape index (κ2) is 6.52. The summed E-state index contributed by atoms with van der Waals surface area (Å²) < 4.78 is 4.61. The van der Waals surface area contributed by atoms with E-state index in [0.29, 0.717) is 11.0 Å². The predicted molar refractivity (Wildman–Crippen MR) is 101 cm³/mol. The van der Waals surface area contributed by atoms with E-state index in [1.54, 1.807) is 24.2 Å². The molecule has 10 heteroatoms. The molecule has 0 radical (unpaired) electrons. The van der Waals surface area contributed by atoms with Crippen molar-refractivity contribution in [2.75, 3.05) is 25.6 Å². The molecule has 3 aliphatic rings. The predicted octanol–water partition coefficient (Wildman–Crippen LogP) is 1.45. The maximum atomic E-state index is 13.1. The van der Waals surface area contributed by atoms with E-state index in [-0.39, 0.29) is 0 Å². The van der Waals surface area contributed by atoms with Crippen molar-refractivity contribution in [2.24, 2.45) is 4.99 Å². The Morgan fingerprint density at radius 3 is 2.68 bits per heavy atom. The Kier molecular flexibility index (Phi) is 4.26. The Morgan fingerprint density at radius 2 is 2.00 bits per heavy atom. The van der Waals surface area contributed by atoms with Gasteiger partial charge in [-0.25, -0.2) is 9.79 Å². The number of aliphatic imine (C=N–C) groups is 1. The third-order valence-corrected chi connectivity index (χ3v) is 5.32. The molecule has 1 aromatic carbocycles. The third kappa shape index (κ3) is 2.54. The summed E-state index contributed by atoms with van der Waals surface area (Å²) in [5.74, 6) is -0.658. The molecule has 3 aliphatic heterocycles. The molecule has 0 saturated carbocycles. The zero-order valence-electron chi connectivity index (χ0n) is 15.5. The molecule has 0 bridgehead atoms. The van der Waals surface area contributed by atoms with E-state index in [2.05, 4.69) is 9.73 Å². The molecule has 2 unspecified atom stereocenters. The van der Waals surface area contributed by atoms with E-state index in [4.69, 9.17) is 11.6 Å². The summed E-state index contributed by atoms with van der Waals surface area (Å²) in [5, 5.41) is 0.540. The lowest BCUT2D eigenvalue weighted by atomic mass is 10.1. The second-order valence-corrected chi connectivity index (χ2v) is 7.05. The van der Waals surface area contributed by atoms with Gasteiger partial charge in [-0.2, -0.15) is 0 Å². The molecule has 28 heavy (non-hydrogen) atoms. The fraction of sp³-hybridized carbons (Fsp3) is 0.333. The fourth-order valence-corrected chi connectivity index (χ4v) is 3.84. The van der Waals surface area contributed by atoms with Crippen LogP contribution in [0, 0.1) is 0 Å². The summed E-state index contributed by atoms with van der Waals surface area (Å²) in [6, 6.07) is 5.97. The summed E-state index contributed by atoms with van der Waals surface area (Å²) in [5.41, 5.74) is 1.56. The van der Waals surface area contributed by atoms with E-state index >= 15 is 0 Å². The molecule has 3 amide bonds. The van der Waals surface area contributed by atoms with Crippen molar-refractivity contribution >= 4 is 41.2 Å². The van der Waals surface area contributed by atoms with Crippen molar-refractivity contribution in [2.45, 2.75) is 19.1 Å². The van der Waals surface area contributed by atoms with Crippen LogP contribution in [0.4, 0.5) is 10.5 Å². The number of anilines is 1. The molecule has 0 spiro atoms. The molecule has 1 fully saturated rings. The normalized spacial score (nSPS) is 23.6. The number of allylic oxidation sites excluding steroid dienone is 1. The number of nitrogens with zero attached hydrogens (tertiary/aromatic N) is 5. The topological polar surface area (TPSA) is 85.8 Å². The lowest BCUT2D eigenvalue weighted by molar-refractivity contribution is -0.148. The van der Waals surface area contributed by atoms with E-state index in [0.717, 1.165) is 16.3 Å². The van der Waals surface area contributed by atoms with Gasteiger partial charge in [0.25, 0.3) is 5.91 Å². The van der Waals surface area contributed by atoms with E-state index < -0.39 is 36.7 Å². The fourth-order valence-electron chi connectivity index (χ4n) is 3.62. The molecule has 0 aromatic heterocycles. The first-order valence-corrected chi connectivity index (χ1v) is 8.97. The highest BCUT2D eigenvalue weighted by molar-refractivity contribution is 6.34. The number of likely N-dealkylation sites (N-methyl/N-ethyl adjacent to an activating group) is 1. The minimum absolute atomic E-state index is 0.443. The average Bonchev–Trinajstić information content (AvgIpc) is 3.18. The molecule has 0 aliphatic carbocycles. The molecule has 3 heterocycles. The number of benzene rings is 1. The maximum absolute atomic E-state index is 13.1. The molecule has 146 valence electrons. The molecular formula is C18H18ClN5O4. The summed E-state index contributed by atoms with van der Waals surface area (Å²) in [4.78, 5) is 47.8. The minimum atomic E-state index is -0.759. The van der Waals surface area contributed by atoms with Crippen LogP contribution in [0.1, 0.15) is 6.92 Å². The van der Waals surface area contributed by atoms with Gasteiger partial charge >= 0.3 is 12.0 Å². The van der Waals surface area contributed by atoms with Crippen LogP contribution in [0.5, 0.6) is 0 Å². The second-order valence-electron chi connectivity index (χ2n) is 6.65. The van der Waals surface area contributed by atoms with Gasteiger partial charge in [0.2, 0.25) is 5.96 Å². The van der Waals surface area contributed by atoms with Crippen molar-refractivity contribution in [3.63, 3.8) is 0 Å². The van der Waals surface area contributed by atoms with Crippen LogP contribution < -0.4 is 4.90 Å². The Bertz CT molecular complexity index is 946. The van der Waals surface area contributed by atoms with Gasteiger partial charge in [-0.3, -0.25) is 19.4 Å². The Labute approximate surface area is 166 Å². The minimum Gasteiger partial charge on any atom is -0.468 e. The summed E-state index contributed by atoms with van der Waals surface area (Å²) in [6.45, 7) is 1.44. The molecule has 0 N–H and O–H groups in total. The zero-order valence-corrected chi connectivity index (χ0v) is 16.3. The van der Waals surface area contributed by atoms with E-state index in [1.807, 2.05) is 30.0 Å². The number of halogens is 1. The molecule has 1 saturated heterocycles. The molecular weight excluding hydrogens is 386 g/mol. The number of urea groups is 1. The largest absolute Gasteiger partial charge is 0.468 e. The van der Waals surface area contributed by atoms with Crippen molar-refractivity contribution in [1.82, 2.24) is 14.7 Å². The zero-order chi connectivity index (χ0) is 20.2. The van der Waals surface area contributed by atoms with Crippen LogP contribution in [-0.4, -0.2) is 71.5 Å². The van der Waals surface area contributed by atoms with Gasteiger partial charge in [-0.1, -0.05) is 23.7 Å². The van der Waals surface area contributed by atoms with Gasteiger partial charge in [0.05, 0.1) is 17.8 Å². The van der Waals surface area contributed by atoms with Crippen LogP contribution in [0.25, 0.3) is 0 Å². The number of hydrogen-bond donors (Lipinski definition) is 0. The standard InChI is InChI=1S/C18H18ClN5O4/c1-10-8-22-14-15(20-17(22)24(10)12-7-5-4-6-11(12)19)21(2)18(27)23(16(14)26)9-13(25)28-3/h4-8,14-15H,9H2,1-3H3. The quantitative estimate of drug-likeness (QED) is 0.710. The van der Waals surface area contributed by atoms with Gasteiger partial charge in [0.15, 0.2) is 12.2 Å². The summed E-state index contributed by atoms with van der Waals surface area (Å²) >= 11 is 6.36. The number of guanidine groups is 1. The first-order chi connectivity index (χ1) is 13.3. The van der Waals surface area contributed by atoms with Gasteiger partial charge in [0.1, 0.15) is 6.54 Å². The van der Waals surface area contributed by atoms with Crippen LogP contribution in [0.3, 0.4) is 0 Å². The highest BCUT2D eigenvalue weighted by atomic mass is 35.5. The molecule has 2 atom stereocenters. The third-order valence-electron chi connectivity index (χ3n) is 5.00. The molecule has 4 rings (SSSR count). The smallest absolute Gasteiger partial charge is 0.328 e. The van der Waals surface area contributed by atoms with Crippen LogP contribution in [0.15, 0.2) is 41.2 Å². The van der Waals surface area contributed by atoms with Crippen molar-refractivity contribution in [3.8, 4) is 0 Å². The van der Waals surface area contributed by atoms with Crippen LogP contribution in [-0.2, 0) is 14.3 Å². The monoisotopic (exact) mass is 403 g/mol. The van der Waals surface area contributed by atoms with Crippen molar-refractivity contribution < 1.29 is 19.1 Å². The Morgan fingerprint density at radius 1 is 1.29 bits per heavy atom. The number of carbonyl (C=O) groups is 3. The van der Waals surface area contributed by atoms with Gasteiger partial charge < -0.3 is 14.5 Å². The average molecular weight is 404 g/mol. The van der Waals surface area contributed by atoms with Crippen molar-refractivity contribution in [3.05, 3.63) is 41.2 Å². The lowest BCUT2D eigenvalue weighted by Crippen LogP contribution is -2.65. The first kappa shape index (κ1) is 18.3. The van der Waals surface area contributed by atoms with Crippen LogP contribution >= 0.6 is 11.6 Å². The Balaban J connectivity index is 1.71. The first-order valence-electron chi connectivity index (χ1n) is 8.59. The highest BCUT2D eigenvalue weighted by Gasteiger charge is 2.54. The van der Waals surface area contributed by atoms with Gasteiger partial charge in [-0.05, 0) is 19.1 Å². The number of para-hydroxylation sites is 1. The Hall–Kier alpha value is -3.07. The van der Waals surface area contributed by atoms with Gasteiger partial charge in [0, 0.05) is 18.9 Å². The van der Waals surface area contributed by atoms with E-state index in [9.17, 15) is 14.4 Å². The van der Waals surface area contributed by atoms with Crippen LogP contribution in [0.2, 0.25) is 5.02 Å². The highest BCUT2D eigenvalue weighted by Crippen LogP contribution is 2.38. The number of esters is 1.